The fourth-order valence-electron chi connectivity index (χ4n) is 9.81. The molecular weight excluding hydrogens is 526 g/mol. The molecule has 1 N–H and O–H groups in total. The number of hydrogen-bond acceptors (Lipinski definition) is 5. The van der Waals surface area contributed by atoms with Crippen molar-refractivity contribution in [1.29, 1.82) is 0 Å². The number of amides is 1. The molecule has 0 aromatic heterocycles. The predicted octanol–water partition coefficient (Wildman–Crippen LogP) is 7.50. The van der Waals surface area contributed by atoms with Gasteiger partial charge in [-0.25, -0.2) is 0 Å². The molecule has 0 aromatic rings. The minimum absolute atomic E-state index is 0.0537. The molecule has 0 heterocycles. The summed E-state index contributed by atoms with van der Waals surface area (Å²) < 4.78 is 16.2. The van der Waals surface area contributed by atoms with Gasteiger partial charge in [0.15, 0.2) is 0 Å². The van der Waals surface area contributed by atoms with Crippen LogP contribution in [-0.2, 0) is 23.8 Å². The Balaban J connectivity index is 1.25. The number of carbonyl (C=O) groups is 2. The molecule has 0 spiro atoms. The first-order valence-electron chi connectivity index (χ1n) is 17.3. The van der Waals surface area contributed by atoms with Gasteiger partial charge in [-0.1, -0.05) is 65.5 Å². The molecule has 4 aliphatic carbocycles. The molecule has 3 saturated carbocycles. The van der Waals surface area contributed by atoms with Crippen molar-refractivity contribution in [3.05, 3.63) is 11.6 Å². The van der Waals surface area contributed by atoms with Crippen molar-refractivity contribution in [3.8, 4) is 0 Å². The van der Waals surface area contributed by atoms with Crippen LogP contribution in [0.2, 0.25) is 0 Å². The van der Waals surface area contributed by atoms with Crippen molar-refractivity contribution in [2.45, 2.75) is 124 Å². The van der Waals surface area contributed by atoms with Gasteiger partial charge in [-0.3, -0.25) is 9.59 Å². The third kappa shape index (κ3) is 7.81. The van der Waals surface area contributed by atoms with Gasteiger partial charge in [0, 0.05) is 26.5 Å². The molecule has 0 aromatic carbocycles. The van der Waals surface area contributed by atoms with E-state index in [0.717, 1.165) is 54.8 Å². The zero-order chi connectivity index (χ0) is 30.3. The Bertz CT molecular complexity index is 932. The van der Waals surface area contributed by atoms with Crippen molar-refractivity contribution in [2.75, 3.05) is 33.5 Å². The summed E-state index contributed by atoms with van der Waals surface area (Å²) in [7, 11) is 1.63. The summed E-state index contributed by atoms with van der Waals surface area (Å²) in [5.41, 5.74) is 2.30. The number of allylic oxidation sites excluding steroid dienone is 1. The molecule has 6 heteroatoms. The maximum Gasteiger partial charge on any atom is 0.306 e. The van der Waals surface area contributed by atoms with E-state index in [2.05, 4.69) is 46.0 Å². The van der Waals surface area contributed by atoms with Crippen molar-refractivity contribution in [1.82, 2.24) is 5.32 Å². The van der Waals surface area contributed by atoms with Gasteiger partial charge in [0.25, 0.3) is 0 Å². The summed E-state index contributed by atoms with van der Waals surface area (Å²) in [4.78, 5) is 24.7. The van der Waals surface area contributed by atoms with E-state index in [1.54, 1.807) is 12.7 Å². The molecule has 0 radical (unpaired) electrons. The van der Waals surface area contributed by atoms with Gasteiger partial charge in [-0.2, -0.15) is 0 Å². The molecule has 3 fully saturated rings. The first kappa shape index (κ1) is 33.5. The maximum absolute atomic E-state index is 12.6. The number of rotatable bonds is 15. The lowest BCUT2D eigenvalue weighted by molar-refractivity contribution is -0.152. The van der Waals surface area contributed by atoms with E-state index in [-0.39, 0.29) is 36.2 Å². The number of methoxy groups -OCH3 is 1. The van der Waals surface area contributed by atoms with Gasteiger partial charge in [0.1, 0.15) is 6.10 Å². The molecule has 4 aliphatic rings. The van der Waals surface area contributed by atoms with Crippen LogP contribution in [-0.4, -0.2) is 51.5 Å². The van der Waals surface area contributed by atoms with Crippen molar-refractivity contribution in [3.63, 3.8) is 0 Å². The molecule has 8 unspecified atom stereocenters. The third-order valence-corrected chi connectivity index (χ3v) is 12.1. The van der Waals surface area contributed by atoms with E-state index in [1.165, 1.54) is 51.4 Å². The molecule has 8 atom stereocenters. The topological polar surface area (TPSA) is 73.9 Å². The summed E-state index contributed by atoms with van der Waals surface area (Å²) in [6.45, 7) is 14.4. The molecular formula is C36H61NO5. The van der Waals surface area contributed by atoms with Gasteiger partial charge in [-0.05, 0) is 91.3 Å². The van der Waals surface area contributed by atoms with E-state index in [0.29, 0.717) is 31.8 Å². The lowest BCUT2D eigenvalue weighted by Crippen LogP contribution is -2.51. The highest BCUT2D eigenvalue weighted by Crippen LogP contribution is 2.67. The number of hydrogen-bond donors (Lipinski definition) is 1. The van der Waals surface area contributed by atoms with Crippen LogP contribution in [0.3, 0.4) is 0 Å². The summed E-state index contributed by atoms with van der Waals surface area (Å²) in [5.74, 6) is 4.60. The molecule has 240 valence electrons. The Kier molecular flexibility index (Phi) is 12.0. The van der Waals surface area contributed by atoms with E-state index >= 15 is 0 Å². The molecule has 42 heavy (non-hydrogen) atoms. The van der Waals surface area contributed by atoms with Crippen molar-refractivity contribution >= 4 is 11.9 Å². The van der Waals surface area contributed by atoms with Crippen LogP contribution in [0.1, 0.15) is 118 Å². The standard InChI is InChI=1S/C36H61NO5/c1-25(2)8-7-9-26(3)30-12-13-31-29-11-10-27-24-28(16-18-35(27,4)32(29)17-19-36(30,31)5)42-34(39)15-14-33(38)37-20-21-41-23-22-40-6/h10,25-26,28-32H,7-9,11-24H2,1-6H3,(H,37,38). The van der Waals surface area contributed by atoms with Crippen LogP contribution in [0, 0.1) is 46.3 Å². The van der Waals surface area contributed by atoms with Gasteiger partial charge < -0.3 is 19.5 Å². The Morgan fingerprint density at radius 1 is 0.976 bits per heavy atom. The normalized spacial score (nSPS) is 34.6. The Morgan fingerprint density at radius 3 is 2.55 bits per heavy atom. The summed E-state index contributed by atoms with van der Waals surface area (Å²) in [6.07, 6.45) is 16.7. The van der Waals surface area contributed by atoms with E-state index < -0.39 is 0 Å². The van der Waals surface area contributed by atoms with Crippen LogP contribution < -0.4 is 5.32 Å². The fraction of sp³-hybridized carbons (Fsp3) is 0.889. The first-order chi connectivity index (χ1) is 20.1. The number of carbonyl (C=O) groups excluding carboxylic acids is 2. The zero-order valence-electron chi connectivity index (χ0n) is 27.7. The molecule has 1 amide bonds. The average molecular weight is 588 g/mol. The maximum atomic E-state index is 12.6. The molecule has 6 nitrogen and oxygen atoms in total. The van der Waals surface area contributed by atoms with Crippen LogP contribution in [0.25, 0.3) is 0 Å². The smallest absolute Gasteiger partial charge is 0.306 e. The second-order valence-electron chi connectivity index (χ2n) is 15.1. The summed E-state index contributed by atoms with van der Waals surface area (Å²) >= 11 is 0. The highest BCUT2D eigenvalue weighted by Gasteiger charge is 2.59. The van der Waals surface area contributed by atoms with Crippen molar-refractivity contribution in [2.24, 2.45) is 46.3 Å². The second-order valence-corrected chi connectivity index (χ2v) is 15.1. The van der Waals surface area contributed by atoms with Gasteiger partial charge in [0.05, 0.1) is 26.2 Å². The fourth-order valence-corrected chi connectivity index (χ4v) is 9.81. The lowest BCUT2D eigenvalue weighted by Gasteiger charge is -2.58. The Labute approximate surface area is 256 Å². The van der Waals surface area contributed by atoms with Crippen LogP contribution in [0.4, 0.5) is 0 Å². The predicted molar refractivity (Wildman–Crippen MR) is 168 cm³/mol. The SMILES string of the molecule is COCCOCCNC(=O)CCC(=O)OC1CCC2(C)C(=CCC3C2CCC2(C)C(C(C)CCCC(C)C)CCC32)C1. The van der Waals surface area contributed by atoms with E-state index in [1.807, 2.05) is 0 Å². The molecule has 0 aliphatic heterocycles. The molecule has 4 rings (SSSR count). The number of esters is 1. The monoisotopic (exact) mass is 587 g/mol. The summed E-state index contributed by atoms with van der Waals surface area (Å²) in [6, 6.07) is 0. The van der Waals surface area contributed by atoms with Crippen LogP contribution in [0.15, 0.2) is 11.6 Å². The Hall–Kier alpha value is -1.40. The van der Waals surface area contributed by atoms with E-state index in [9.17, 15) is 9.59 Å². The zero-order valence-corrected chi connectivity index (χ0v) is 27.7. The largest absolute Gasteiger partial charge is 0.462 e. The lowest BCUT2D eigenvalue weighted by atomic mass is 9.47. The van der Waals surface area contributed by atoms with Gasteiger partial charge in [0.2, 0.25) is 5.91 Å². The van der Waals surface area contributed by atoms with Crippen LogP contribution >= 0.6 is 0 Å². The minimum Gasteiger partial charge on any atom is -0.462 e. The van der Waals surface area contributed by atoms with Crippen molar-refractivity contribution < 1.29 is 23.8 Å². The van der Waals surface area contributed by atoms with Crippen LogP contribution in [0.5, 0.6) is 0 Å². The number of ether oxygens (including phenoxy) is 3. The minimum atomic E-state index is -0.252. The second kappa shape index (κ2) is 15.1. The molecule has 0 bridgehead atoms. The first-order valence-corrected chi connectivity index (χ1v) is 17.3. The third-order valence-electron chi connectivity index (χ3n) is 12.1. The molecule has 0 saturated heterocycles. The van der Waals surface area contributed by atoms with Gasteiger partial charge in [-0.15, -0.1) is 0 Å². The Morgan fingerprint density at radius 2 is 1.79 bits per heavy atom. The summed E-state index contributed by atoms with van der Waals surface area (Å²) in [5, 5.41) is 2.81. The number of nitrogens with one attached hydrogen (secondary N) is 1. The van der Waals surface area contributed by atoms with Gasteiger partial charge >= 0.3 is 5.97 Å². The van der Waals surface area contributed by atoms with E-state index in [4.69, 9.17) is 14.2 Å². The highest BCUT2D eigenvalue weighted by atomic mass is 16.5. The highest BCUT2D eigenvalue weighted by molar-refractivity contribution is 5.81. The quantitative estimate of drug-likeness (QED) is 0.122. The number of fused-ring (bicyclic) bond motifs is 5. The average Bonchev–Trinajstić information content (AvgIpc) is 3.31.